The summed E-state index contributed by atoms with van der Waals surface area (Å²) in [5, 5.41) is 2.39. The van der Waals surface area contributed by atoms with Gasteiger partial charge in [0.1, 0.15) is 17.4 Å². The highest BCUT2D eigenvalue weighted by Crippen LogP contribution is 2.28. The summed E-state index contributed by atoms with van der Waals surface area (Å²) in [6.45, 7) is 3.46. The number of ether oxygens (including phenoxy) is 2. The minimum Gasteiger partial charge on any atom is -0.490 e. The Hall–Kier alpha value is -2.33. The molecule has 2 aromatic carbocycles. The Labute approximate surface area is 133 Å². The standard InChI is InChI=1S/C19H18O4/c1-12-2-4-15-17-11-14(22-13-6-8-21-9-7-13)3-5-16(17)19(20)23-18(15)10-12/h2-5,10-11,13H,6-9H2,1H3. The van der Waals surface area contributed by atoms with Crippen LogP contribution in [0.1, 0.15) is 18.4 Å². The number of hydrogen-bond donors (Lipinski definition) is 0. The second-order valence-corrected chi connectivity index (χ2v) is 6.03. The van der Waals surface area contributed by atoms with Gasteiger partial charge in [0.25, 0.3) is 0 Å². The van der Waals surface area contributed by atoms with Crippen LogP contribution in [0.15, 0.2) is 45.6 Å². The summed E-state index contributed by atoms with van der Waals surface area (Å²) in [5.41, 5.74) is 1.37. The number of hydrogen-bond acceptors (Lipinski definition) is 4. The van der Waals surface area contributed by atoms with Crippen LogP contribution in [0.5, 0.6) is 5.75 Å². The molecule has 0 bridgehead atoms. The van der Waals surface area contributed by atoms with Crippen molar-refractivity contribution >= 4 is 21.7 Å². The maximum Gasteiger partial charge on any atom is 0.344 e. The van der Waals surface area contributed by atoms with E-state index in [9.17, 15) is 4.79 Å². The molecule has 1 saturated heterocycles. The second kappa shape index (κ2) is 5.70. The lowest BCUT2D eigenvalue weighted by Crippen LogP contribution is -2.25. The number of fused-ring (bicyclic) bond motifs is 3. The molecule has 23 heavy (non-hydrogen) atoms. The molecule has 0 aliphatic carbocycles. The molecule has 0 N–H and O–H groups in total. The summed E-state index contributed by atoms with van der Waals surface area (Å²) in [6.07, 6.45) is 1.97. The quantitative estimate of drug-likeness (QED) is 0.533. The zero-order valence-corrected chi connectivity index (χ0v) is 13.0. The van der Waals surface area contributed by atoms with E-state index in [-0.39, 0.29) is 11.7 Å². The molecule has 4 rings (SSSR count). The lowest BCUT2D eigenvalue weighted by Gasteiger charge is -2.23. The average molecular weight is 310 g/mol. The zero-order valence-electron chi connectivity index (χ0n) is 13.0. The first-order valence-corrected chi connectivity index (χ1v) is 7.92. The van der Waals surface area contributed by atoms with Crippen LogP contribution in [0.4, 0.5) is 0 Å². The highest BCUT2D eigenvalue weighted by molar-refractivity contribution is 6.04. The Morgan fingerprint density at radius 2 is 1.78 bits per heavy atom. The fourth-order valence-electron chi connectivity index (χ4n) is 3.08. The van der Waals surface area contributed by atoms with Gasteiger partial charge in [-0.2, -0.15) is 0 Å². The van der Waals surface area contributed by atoms with Crippen molar-refractivity contribution < 1.29 is 13.9 Å². The molecule has 1 aliphatic rings. The summed E-state index contributed by atoms with van der Waals surface area (Å²) in [7, 11) is 0. The van der Waals surface area contributed by atoms with Gasteiger partial charge < -0.3 is 13.9 Å². The fourth-order valence-corrected chi connectivity index (χ4v) is 3.08. The molecule has 1 aliphatic heterocycles. The topological polar surface area (TPSA) is 48.7 Å². The Kier molecular flexibility index (Phi) is 3.54. The van der Waals surface area contributed by atoms with E-state index in [0.29, 0.717) is 11.0 Å². The third-order valence-corrected chi connectivity index (χ3v) is 4.31. The minimum atomic E-state index is -0.310. The van der Waals surface area contributed by atoms with Crippen LogP contribution in [-0.4, -0.2) is 19.3 Å². The summed E-state index contributed by atoms with van der Waals surface area (Å²) in [5.74, 6) is 0.789. The van der Waals surface area contributed by atoms with Crippen molar-refractivity contribution in [2.45, 2.75) is 25.9 Å². The fraction of sp³-hybridized carbons (Fsp3) is 0.316. The van der Waals surface area contributed by atoms with Crippen molar-refractivity contribution in [2.24, 2.45) is 0 Å². The SMILES string of the molecule is Cc1ccc2c(c1)oc(=O)c1ccc(OC3CCOCC3)cc12. The molecule has 1 aromatic heterocycles. The minimum absolute atomic E-state index is 0.176. The largest absolute Gasteiger partial charge is 0.490 e. The van der Waals surface area contributed by atoms with Gasteiger partial charge in [0.05, 0.1) is 18.6 Å². The van der Waals surface area contributed by atoms with Crippen LogP contribution in [0.2, 0.25) is 0 Å². The van der Waals surface area contributed by atoms with Crippen molar-refractivity contribution in [3.05, 3.63) is 52.4 Å². The molecule has 0 spiro atoms. The van der Waals surface area contributed by atoms with E-state index in [4.69, 9.17) is 13.9 Å². The van der Waals surface area contributed by atoms with Gasteiger partial charge in [-0.3, -0.25) is 0 Å². The van der Waals surface area contributed by atoms with E-state index in [2.05, 4.69) is 0 Å². The molecule has 1 fully saturated rings. The molecular weight excluding hydrogens is 292 g/mol. The number of rotatable bonds is 2. The van der Waals surface area contributed by atoms with Crippen molar-refractivity contribution in [1.29, 1.82) is 0 Å². The van der Waals surface area contributed by atoms with Gasteiger partial charge in [-0.1, -0.05) is 12.1 Å². The predicted molar refractivity (Wildman–Crippen MR) is 89.2 cm³/mol. The first kappa shape index (κ1) is 14.3. The lowest BCUT2D eigenvalue weighted by molar-refractivity contribution is 0.0256. The van der Waals surface area contributed by atoms with Gasteiger partial charge >= 0.3 is 5.63 Å². The van der Waals surface area contributed by atoms with Crippen molar-refractivity contribution in [3.8, 4) is 5.75 Å². The van der Waals surface area contributed by atoms with E-state index < -0.39 is 0 Å². The highest BCUT2D eigenvalue weighted by atomic mass is 16.5. The summed E-state index contributed by atoms with van der Waals surface area (Å²) < 4.78 is 16.9. The maximum atomic E-state index is 12.2. The van der Waals surface area contributed by atoms with Gasteiger partial charge in [-0.05, 0) is 36.8 Å². The average Bonchev–Trinajstić information content (AvgIpc) is 2.55. The smallest absolute Gasteiger partial charge is 0.344 e. The van der Waals surface area contributed by atoms with Crippen LogP contribution in [0.3, 0.4) is 0 Å². The zero-order chi connectivity index (χ0) is 15.8. The molecule has 0 radical (unpaired) electrons. The Balaban J connectivity index is 1.82. The molecular formula is C19H18O4. The molecule has 4 nitrogen and oxygen atoms in total. The third-order valence-electron chi connectivity index (χ3n) is 4.31. The Morgan fingerprint density at radius 1 is 1.00 bits per heavy atom. The van der Waals surface area contributed by atoms with Crippen molar-refractivity contribution in [1.82, 2.24) is 0 Å². The molecule has 3 aromatic rings. The normalized spacial score (nSPS) is 16.0. The van der Waals surface area contributed by atoms with Crippen LogP contribution in [0.25, 0.3) is 21.7 Å². The third kappa shape index (κ3) is 2.70. The van der Waals surface area contributed by atoms with Crippen LogP contribution in [0, 0.1) is 6.92 Å². The number of benzene rings is 2. The van der Waals surface area contributed by atoms with E-state index in [1.54, 1.807) is 6.07 Å². The Morgan fingerprint density at radius 3 is 2.61 bits per heavy atom. The molecule has 0 atom stereocenters. The molecule has 0 unspecified atom stereocenters. The second-order valence-electron chi connectivity index (χ2n) is 6.03. The van der Waals surface area contributed by atoms with Gasteiger partial charge in [-0.25, -0.2) is 4.79 Å². The highest BCUT2D eigenvalue weighted by Gasteiger charge is 2.16. The summed E-state index contributed by atoms with van der Waals surface area (Å²) in [6, 6.07) is 11.5. The first-order chi connectivity index (χ1) is 11.2. The summed E-state index contributed by atoms with van der Waals surface area (Å²) in [4.78, 5) is 12.2. The summed E-state index contributed by atoms with van der Waals surface area (Å²) >= 11 is 0. The maximum absolute atomic E-state index is 12.2. The molecule has 4 heteroatoms. The Bertz CT molecular complexity index is 920. The van der Waals surface area contributed by atoms with Crippen molar-refractivity contribution in [3.63, 3.8) is 0 Å². The van der Waals surface area contributed by atoms with Gasteiger partial charge in [-0.15, -0.1) is 0 Å². The van der Waals surface area contributed by atoms with Gasteiger partial charge in [0.2, 0.25) is 0 Å². The van der Waals surface area contributed by atoms with E-state index in [1.165, 1.54) is 0 Å². The van der Waals surface area contributed by atoms with E-state index in [0.717, 1.165) is 48.1 Å². The molecule has 0 amide bonds. The predicted octanol–water partition coefficient (Wildman–Crippen LogP) is 3.81. The van der Waals surface area contributed by atoms with E-state index in [1.807, 2.05) is 37.3 Å². The molecule has 2 heterocycles. The van der Waals surface area contributed by atoms with Crippen molar-refractivity contribution in [2.75, 3.05) is 13.2 Å². The monoisotopic (exact) mass is 310 g/mol. The van der Waals surface area contributed by atoms with Crippen LogP contribution in [-0.2, 0) is 4.74 Å². The lowest BCUT2D eigenvalue weighted by atomic mass is 10.1. The molecule has 118 valence electrons. The van der Waals surface area contributed by atoms with E-state index >= 15 is 0 Å². The van der Waals surface area contributed by atoms with Crippen LogP contribution < -0.4 is 10.4 Å². The molecule has 0 saturated carbocycles. The van der Waals surface area contributed by atoms with Crippen LogP contribution >= 0.6 is 0 Å². The number of aryl methyl sites for hydroxylation is 1. The van der Waals surface area contributed by atoms with Gasteiger partial charge in [0, 0.05) is 23.6 Å². The van der Waals surface area contributed by atoms with Gasteiger partial charge in [0.15, 0.2) is 0 Å². The first-order valence-electron chi connectivity index (χ1n) is 7.92.